The third-order valence-corrected chi connectivity index (χ3v) is 5.99. The Labute approximate surface area is 169 Å². The lowest BCUT2D eigenvalue weighted by Gasteiger charge is -2.25. The molecule has 0 spiro atoms. The number of rotatable bonds is 5. The van der Waals surface area contributed by atoms with E-state index in [-0.39, 0.29) is 12.5 Å². The van der Waals surface area contributed by atoms with Gasteiger partial charge in [-0.1, -0.05) is 19.1 Å². The van der Waals surface area contributed by atoms with Gasteiger partial charge < -0.3 is 14.1 Å². The number of aryl methyl sites for hydroxylation is 1. The van der Waals surface area contributed by atoms with Crippen LogP contribution in [0.1, 0.15) is 35.2 Å². The first-order valence-electron chi connectivity index (χ1n) is 9.31. The molecule has 28 heavy (non-hydrogen) atoms. The normalized spacial score (nSPS) is 16.6. The predicted octanol–water partition coefficient (Wildman–Crippen LogP) is 3.72. The predicted molar refractivity (Wildman–Crippen MR) is 110 cm³/mol. The lowest BCUT2D eigenvalue weighted by molar-refractivity contribution is -0.119. The summed E-state index contributed by atoms with van der Waals surface area (Å²) in [6.45, 7) is 5.34. The van der Waals surface area contributed by atoms with Crippen LogP contribution in [-0.2, 0) is 16.1 Å². The lowest BCUT2D eigenvalue weighted by Crippen LogP contribution is -2.39. The molecular formula is C21H26N2O4S. The second kappa shape index (κ2) is 8.84. The standard InChI is InChI=1S/C21H26N2O4S/c1-14-9-10-23(18-7-5-6-8-19(18)28-14)20(24)13-22(3)12-16-11-17(15(2)27-16)21(25)26-4/h5-8,11,14H,9-10,12-13H2,1-4H3. The van der Waals surface area contributed by atoms with Crippen molar-refractivity contribution in [1.82, 2.24) is 4.90 Å². The van der Waals surface area contributed by atoms with Crippen LogP contribution in [0, 0.1) is 6.92 Å². The van der Waals surface area contributed by atoms with Gasteiger partial charge in [-0.3, -0.25) is 9.69 Å². The number of nitrogens with zero attached hydrogens (tertiary/aromatic N) is 2. The third-order valence-electron chi connectivity index (χ3n) is 4.75. The Morgan fingerprint density at radius 1 is 1.36 bits per heavy atom. The molecular weight excluding hydrogens is 376 g/mol. The number of furan rings is 1. The number of amides is 1. The van der Waals surface area contributed by atoms with Gasteiger partial charge in [0, 0.05) is 16.7 Å². The molecule has 1 amide bonds. The van der Waals surface area contributed by atoms with Crippen molar-refractivity contribution < 1.29 is 18.7 Å². The van der Waals surface area contributed by atoms with Crippen molar-refractivity contribution in [2.24, 2.45) is 0 Å². The van der Waals surface area contributed by atoms with E-state index in [9.17, 15) is 9.59 Å². The summed E-state index contributed by atoms with van der Waals surface area (Å²) in [5.74, 6) is 0.794. The van der Waals surface area contributed by atoms with Gasteiger partial charge in [-0.15, -0.1) is 11.8 Å². The maximum atomic E-state index is 13.0. The number of carbonyl (C=O) groups excluding carboxylic acids is 2. The van der Waals surface area contributed by atoms with Gasteiger partial charge in [-0.2, -0.15) is 0 Å². The maximum absolute atomic E-state index is 13.0. The summed E-state index contributed by atoms with van der Waals surface area (Å²) in [6, 6.07) is 9.75. The number of benzene rings is 1. The monoisotopic (exact) mass is 402 g/mol. The van der Waals surface area contributed by atoms with Crippen molar-refractivity contribution >= 4 is 29.3 Å². The van der Waals surface area contributed by atoms with Crippen molar-refractivity contribution in [3.05, 3.63) is 47.4 Å². The molecule has 1 aliphatic heterocycles. The number of methoxy groups -OCH3 is 1. The van der Waals surface area contributed by atoms with E-state index in [0.29, 0.717) is 35.4 Å². The van der Waals surface area contributed by atoms with E-state index in [2.05, 4.69) is 13.0 Å². The maximum Gasteiger partial charge on any atom is 0.341 e. The van der Waals surface area contributed by atoms with Crippen LogP contribution in [0.25, 0.3) is 0 Å². The van der Waals surface area contributed by atoms with Crippen molar-refractivity contribution in [2.45, 2.75) is 37.0 Å². The summed E-state index contributed by atoms with van der Waals surface area (Å²) in [5, 5.41) is 0.472. The van der Waals surface area contributed by atoms with Crippen LogP contribution in [-0.4, -0.2) is 49.3 Å². The van der Waals surface area contributed by atoms with Crippen LogP contribution in [0.4, 0.5) is 5.69 Å². The molecule has 2 heterocycles. The number of thioether (sulfide) groups is 1. The molecule has 1 aromatic heterocycles. The van der Waals surface area contributed by atoms with Crippen molar-refractivity contribution in [1.29, 1.82) is 0 Å². The van der Waals surface area contributed by atoms with Crippen LogP contribution >= 0.6 is 11.8 Å². The largest absolute Gasteiger partial charge is 0.465 e. The molecule has 150 valence electrons. The molecule has 1 atom stereocenters. The minimum Gasteiger partial charge on any atom is -0.465 e. The fourth-order valence-electron chi connectivity index (χ4n) is 3.32. The van der Waals surface area contributed by atoms with E-state index < -0.39 is 5.97 Å². The highest BCUT2D eigenvalue weighted by Crippen LogP contribution is 2.37. The van der Waals surface area contributed by atoms with Crippen LogP contribution in [0.2, 0.25) is 0 Å². The zero-order valence-electron chi connectivity index (χ0n) is 16.7. The summed E-state index contributed by atoms with van der Waals surface area (Å²) in [7, 11) is 3.21. The van der Waals surface area contributed by atoms with Crippen molar-refractivity contribution in [3.8, 4) is 0 Å². The Balaban J connectivity index is 1.68. The molecule has 1 unspecified atom stereocenters. The van der Waals surface area contributed by atoms with E-state index in [4.69, 9.17) is 9.15 Å². The molecule has 1 aliphatic rings. The molecule has 0 saturated heterocycles. The van der Waals surface area contributed by atoms with Gasteiger partial charge in [0.2, 0.25) is 5.91 Å². The second-order valence-corrected chi connectivity index (χ2v) is 8.56. The Bertz CT molecular complexity index is 864. The zero-order valence-corrected chi connectivity index (χ0v) is 17.5. The van der Waals surface area contributed by atoms with Crippen LogP contribution in [0.5, 0.6) is 0 Å². The SMILES string of the molecule is COC(=O)c1cc(CN(C)CC(=O)N2CCC(C)Sc3ccccc32)oc1C. The smallest absolute Gasteiger partial charge is 0.341 e. The number of likely N-dealkylation sites (N-methyl/N-ethyl adjacent to an activating group) is 1. The molecule has 0 bridgehead atoms. The molecule has 0 aliphatic carbocycles. The first kappa shape index (κ1) is 20.5. The number of carbonyl (C=O) groups is 2. The molecule has 0 fully saturated rings. The first-order chi connectivity index (χ1) is 13.4. The molecule has 2 aromatic rings. The number of anilines is 1. The van der Waals surface area contributed by atoms with Gasteiger partial charge in [0.1, 0.15) is 17.1 Å². The molecule has 3 rings (SSSR count). The van der Waals surface area contributed by atoms with Gasteiger partial charge in [-0.25, -0.2) is 4.79 Å². The summed E-state index contributed by atoms with van der Waals surface area (Å²) in [5.41, 5.74) is 1.40. The molecule has 1 aromatic carbocycles. The quantitative estimate of drug-likeness (QED) is 0.710. The Morgan fingerprint density at radius 3 is 2.86 bits per heavy atom. The number of hydrogen-bond donors (Lipinski definition) is 0. The average Bonchev–Trinajstić information content (AvgIpc) is 2.92. The van der Waals surface area contributed by atoms with Crippen LogP contribution in [0.3, 0.4) is 0 Å². The number of para-hydroxylation sites is 1. The molecule has 0 radical (unpaired) electrons. The van der Waals surface area contributed by atoms with E-state index in [1.807, 2.05) is 46.8 Å². The Kier molecular flexibility index (Phi) is 6.46. The van der Waals surface area contributed by atoms with Crippen molar-refractivity contribution in [2.75, 3.05) is 32.1 Å². The average molecular weight is 403 g/mol. The zero-order chi connectivity index (χ0) is 20.3. The molecule has 7 heteroatoms. The fraction of sp³-hybridized carbons (Fsp3) is 0.429. The molecule has 0 saturated carbocycles. The summed E-state index contributed by atoms with van der Waals surface area (Å²) in [6.07, 6.45) is 0.953. The minimum absolute atomic E-state index is 0.0566. The van der Waals surface area contributed by atoms with Crippen LogP contribution < -0.4 is 4.90 Å². The van der Waals surface area contributed by atoms with E-state index in [1.54, 1.807) is 13.0 Å². The highest BCUT2D eigenvalue weighted by atomic mass is 32.2. The Morgan fingerprint density at radius 2 is 2.11 bits per heavy atom. The highest BCUT2D eigenvalue weighted by Gasteiger charge is 2.25. The third kappa shape index (κ3) is 4.59. The molecule has 0 N–H and O–H groups in total. The highest BCUT2D eigenvalue weighted by molar-refractivity contribution is 8.00. The molecule has 6 nitrogen and oxygen atoms in total. The number of esters is 1. The summed E-state index contributed by atoms with van der Waals surface area (Å²) < 4.78 is 10.4. The van der Waals surface area contributed by atoms with Crippen LogP contribution in [0.15, 0.2) is 39.6 Å². The minimum atomic E-state index is -0.418. The van der Waals surface area contributed by atoms with E-state index >= 15 is 0 Å². The fourth-order valence-corrected chi connectivity index (χ4v) is 4.43. The van der Waals surface area contributed by atoms with Gasteiger partial charge in [0.05, 0.1) is 25.9 Å². The number of hydrogen-bond acceptors (Lipinski definition) is 6. The van der Waals surface area contributed by atoms with Gasteiger partial charge in [0.25, 0.3) is 0 Å². The second-order valence-electron chi connectivity index (χ2n) is 7.08. The topological polar surface area (TPSA) is 63.0 Å². The van der Waals surface area contributed by atoms with E-state index in [1.165, 1.54) is 7.11 Å². The van der Waals surface area contributed by atoms with Gasteiger partial charge in [0.15, 0.2) is 0 Å². The lowest BCUT2D eigenvalue weighted by atomic mass is 10.2. The van der Waals surface area contributed by atoms with E-state index in [0.717, 1.165) is 17.0 Å². The summed E-state index contributed by atoms with van der Waals surface area (Å²) in [4.78, 5) is 29.7. The number of fused-ring (bicyclic) bond motifs is 1. The van der Waals surface area contributed by atoms with Gasteiger partial charge in [-0.05, 0) is 38.6 Å². The van der Waals surface area contributed by atoms with Gasteiger partial charge >= 0.3 is 5.97 Å². The first-order valence-corrected chi connectivity index (χ1v) is 10.2. The van der Waals surface area contributed by atoms with Crippen molar-refractivity contribution in [3.63, 3.8) is 0 Å². The summed E-state index contributed by atoms with van der Waals surface area (Å²) >= 11 is 1.82. The number of ether oxygens (including phenoxy) is 1. The Hall–Kier alpha value is -2.25.